The minimum atomic E-state index is -0.317. The molecule has 2 fully saturated rings. The summed E-state index contributed by atoms with van der Waals surface area (Å²) in [6.45, 7) is 0.737. The summed E-state index contributed by atoms with van der Waals surface area (Å²) in [7, 11) is 0. The van der Waals surface area contributed by atoms with Crippen LogP contribution in [0.4, 0.5) is 4.39 Å². The van der Waals surface area contributed by atoms with Crippen LogP contribution < -0.4 is 0 Å². The Kier molecular flexibility index (Phi) is 4.24. The maximum Gasteiger partial charge on any atom is 0.227 e. The van der Waals surface area contributed by atoms with Crippen molar-refractivity contribution in [2.24, 2.45) is 5.92 Å². The fourth-order valence-electron chi connectivity index (χ4n) is 3.87. The second-order valence-corrected chi connectivity index (χ2v) is 6.23. The zero-order chi connectivity index (χ0) is 14.8. The van der Waals surface area contributed by atoms with Crippen LogP contribution in [0.2, 0.25) is 0 Å². The standard InChI is InChI=1S/C17H22FNO2/c18-14-7-2-1-5-12(14)11-17(21)19-10-4-8-15(19)13-6-3-9-16(13)20/h1-2,5,7,13,15-16,20H,3-4,6,8-11H2. The Morgan fingerprint density at radius 3 is 2.76 bits per heavy atom. The lowest BCUT2D eigenvalue weighted by Crippen LogP contribution is -2.43. The van der Waals surface area contributed by atoms with E-state index in [4.69, 9.17) is 0 Å². The zero-order valence-corrected chi connectivity index (χ0v) is 12.2. The molecule has 1 amide bonds. The van der Waals surface area contributed by atoms with Crippen LogP contribution >= 0.6 is 0 Å². The largest absolute Gasteiger partial charge is 0.393 e. The van der Waals surface area contributed by atoms with E-state index in [-0.39, 0.29) is 36.2 Å². The van der Waals surface area contributed by atoms with E-state index in [1.54, 1.807) is 18.2 Å². The second kappa shape index (κ2) is 6.14. The molecule has 2 aliphatic rings. The molecule has 1 aromatic rings. The predicted octanol–water partition coefficient (Wildman–Crippen LogP) is 2.52. The molecular formula is C17H22FNO2. The van der Waals surface area contributed by atoms with Crippen molar-refractivity contribution in [3.63, 3.8) is 0 Å². The van der Waals surface area contributed by atoms with E-state index in [0.717, 1.165) is 38.6 Å². The molecule has 1 aliphatic carbocycles. The van der Waals surface area contributed by atoms with Gasteiger partial charge in [0.25, 0.3) is 0 Å². The molecule has 0 spiro atoms. The van der Waals surface area contributed by atoms with E-state index >= 15 is 0 Å². The summed E-state index contributed by atoms with van der Waals surface area (Å²) in [6.07, 6.45) is 4.66. The van der Waals surface area contributed by atoms with Crippen molar-refractivity contribution in [3.8, 4) is 0 Å². The molecule has 1 aliphatic heterocycles. The third-order valence-electron chi connectivity index (χ3n) is 4.94. The lowest BCUT2D eigenvalue weighted by Gasteiger charge is -2.31. The maximum absolute atomic E-state index is 13.7. The Morgan fingerprint density at radius 2 is 2.05 bits per heavy atom. The number of halogens is 1. The maximum atomic E-state index is 13.7. The minimum absolute atomic E-state index is 0.0123. The number of aliphatic hydroxyl groups excluding tert-OH is 1. The molecule has 3 atom stereocenters. The fourth-order valence-corrected chi connectivity index (χ4v) is 3.87. The molecule has 0 aromatic heterocycles. The van der Waals surface area contributed by atoms with Crippen molar-refractivity contribution >= 4 is 5.91 Å². The van der Waals surface area contributed by atoms with Crippen LogP contribution in [0, 0.1) is 11.7 Å². The molecule has 1 aromatic carbocycles. The van der Waals surface area contributed by atoms with Gasteiger partial charge in [0, 0.05) is 18.5 Å². The fraction of sp³-hybridized carbons (Fsp3) is 0.588. The van der Waals surface area contributed by atoms with E-state index in [1.165, 1.54) is 6.07 Å². The van der Waals surface area contributed by atoms with Gasteiger partial charge >= 0.3 is 0 Å². The smallest absolute Gasteiger partial charge is 0.227 e. The van der Waals surface area contributed by atoms with Gasteiger partial charge in [-0.3, -0.25) is 4.79 Å². The van der Waals surface area contributed by atoms with Crippen LogP contribution in [0.25, 0.3) is 0 Å². The molecule has 0 bridgehead atoms. The Morgan fingerprint density at radius 1 is 1.24 bits per heavy atom. The minimum Gasteiger partial charge on any atom is -0.393 e. The number of nitrogens with zero attached hydrogens (tertiary/aromatic N) is 1. The summed E-state index contributed by atoms with van der Waals surface area (Å²) in [4.78, 5) is 14.4. The van der Waals surface area contributed by atoms with Crippen LogP contribution in [0.3, 0.4) is 0 Å². The van der Waals surface area contributed by atoms with Crippen LogP contribution in [0.5, 0.6) is 0 Å². The number of aliphatic hydroxyl groups is 1. The molecule has 3 rings (SSSR count). The Balaban J connectivity index is 1.70. The lowest BCUT2D eigenvalue weighted by molar-refractivity contribution is -0.132. The first-order valence-electron chi connectivity index (χ1n) is 7.88. The molecule has 3 unspecified atom stereocenters. The summed E-state index contributed by atoms with van der Waals surface area (Å²) in [5.41, 5.74) is 0.458. The molecule has 1 N–H and O–H groups in total. The summed E-state index contributed by atoms with van der Waals surface area (Å²) < 4.78 is 13.7. The summed E-state index contributed by atoms with van der Waals surface area (Å²) in [5, 5.41) is 10.1. The van der Waals surface area contributed by atoms with Crippen LogP contribution in [0.1, 0.15) is 37.7 Å². The van der Waals surface area contributed by atoms with E-state index in [9.17, 15) is 14.3 Å². The van der Waals surface area contributed by atoms with Gasteiger partial charge in [-0.2, -0.15) is 0 Å². The average molecular weight is 291 g/mol. The third-order valence-corrected chi connectivity index (χ3v) is 4.94. The summed E-state index contributed by atoms with van der Waals surface area (Å²) in [5.74, 6) is -0.124. The van der Waals surface area contributed by atoms with E-state index in [2.05, 4.69) is 0 Å². The van der Waals surface area contributed by atoms with Gasteiger partial charge in [-0.25, -0.2) is 4.39 Å². The van der Waals surface area contributed by atoms with Crippen LogP contribution in [0.15, 0.2) is 24.3 Å². The number of hydrogen-bond acceptors (Lipinski definition) is 2. The van der Waals surface area contributed by atoms with Gasteiger partial charge in [0.1, 0.15) is 5.82 Å². The Hall–Kier alpha value is -1.42. The first-order chi connectivity index (χ1) is 10.2. The van der Waals surface area contributed by atoms with E-state index in [1.807, 2.05) is 4.90 Å². The Bertz CT molecular complexity index is 519. The lowest BCUT2D eigenvalue weighted by atomic mass is 9.93. The van der Waals surface area contributed by atoms with Crippen molar-refractivity contribution in [1.29, 1.82) is 0 Å². The van der Waals surface area contributed by atoms with Gasteiger partial charge in [-0.1, -0.05) is 24.6 Å². The highest BCUT2D eigenvalue weighted by Crippen LogP contribution is 2.36. The van der Waals surface area contributed by atoms with Gasteiger partial charge in [0.05, 0.1) is 12.5 Å². The number of likely N-dealkylation sites (tertiary alicyclic amines) is 1. The first-order valence-corrected chi connectivity index (χ1v) is 7.88. The highest BCUT2D eigenvalue weighted by Gasteiger charge is 2.39. The third kappa shape index (κ3) is 2.95. The van der Waals surface area contributed by atoms with Crippen molar-refractivity contribution in [3.05, 3.63) is 35.6 Å². The molecule has 4 heteroatoms. The highest BCUT2D eigenvalue weighted by atomic mass is 19.1. The molecule has 0 radical (unpaired) electrons. The zero-order valence-electron chi connectivity index (χ0n) is 12.2. The molecule has 21 heavy (non-hydrogen) atoms. The number of hydrogen-bond donors (Lipinski definition) is 1. The molecule has 1 heterocycles. The SMILES string of the molecule is O=C(Cc1ccccc1F)N1CCCC1C1CCCC1O. The molecule has 1 saturated carbocycles. The van der Waals surface area contributed by atoms with Gasteiger partial charge in [0.2, 0.25) is 5.91 Å². The first kappa shape index (κ1) is 14.5. The van der Waals surface area contributed by atoms with Gasteiger partial charge in [0.15, 0.2) is 0 Å². The predicted molar refractivity (Wildman–Crippen MR) is 78.2 cm³/mol. The molecule has 3 nitrogen and oxygen atoms in total. The molecule has 114 valence electrons. The number of carbonyl (C=O) groups is 1. The normalized spacial score (nSPS) is 29.0. The number of amides is 1. The Labute approximate surface area is 124 Å². The second-order valence-electron chi connectivity index (χ2n) is 6.23. The van der Waals surface area contributed by atoms with Crippen LogP contribution in [-0.2, 0) is 11.2 Å². The van der Waals surface area contributed by atoms with E-state index in [0.29, 0.717) is 5.56 Å². The molecule has 1 saturated heterocycles. The van der Waals surface area contributed by atoms with Gasteiger partial charge < -0.3 is 10.0 Å². The van der Waals surface area contributed by atoms with Gasteiger partial charge in [-0.15, -0.1) is 0 Å². The number of rotatable bonds is 3. The van der Waals surface area contributed by atoms with Crippen LogP contribution in [-0.4, -0.2) is 34.6 Å². The summed E-state index contributed by atoms with van der Waals surface area (Å²) >= 11 is 0. The summed E-state index contributed by atoms with van der Waals surface area (Å²) in [6, 6.07) is 6.60. The van der Waals surface area contributed by atoms with Crippen molar-refractivity contribution < 1.29 is 14.3 Å². The van der Waals surface area contributed by atoms with Crippen molar-refractivity contribution in [2.45, 2.75) is 50.7 Å². The topological polar surface area (TPSA) is 40.5 Å². The molecular weight excluding hydrogens is 269 g/mol. The van der Waals surface area contributed by atoms with E-state index < -0.39 is 0 Å². The highest BCUT2D eigenvalue weighted by molar-refractivity contribution is 5.79. The number of carbonyl (C=O) groups excluding carboxylic acids is 1. The van der Waals surface area contributed by atoms with Gasteiger partial charge in [-0.05, 0) is 37.3 Å². The van der Waals surface area contributed by atoms with Crippen molar-refractivity contribution in [1.82, 2.24) is 4.90 Å². The number of benzene rings is 1. The van der Waals surface area contributed by atoms with Crippen molar-refractivity contribution in [2.75, 3.05) is 6.54 Å². The monoisotopic (exact) mass is 291 g/mol. The quantitative estimate of drug-likeness (QED) is 0.929. The average Bonchev–Trinajstić information content (AvgIpc) is 3.09.